The number of pyridine rings is 1. The number of methoxy groups -OCH3 is 1. The van der Waals surface area contributed by atoms with Gasteiger partial charge in [0.25, 0.3) is 5.92 Å². The summed E-state index contributed by atoms with van der Waals surface area (Å²) in [4.78, 5) is 31.3. The van der Waals surface area contributed by atoms with E-state index >= 15 is 0 Å². The Morgan fingerprint density at radius 3 is 2.62 bits per heavy atom. The highest BCUT2D eigenvalue weighted by molar-refractivity contribution is 5.89. The summed E-state index contributed by atoms with van der Waals surface area (Å²) < 4.78 is 30.7. The van der Waals surface area contributed by atoms with Crippen LogP contribution in [-0.2, 0) is 20.3 Å². The number of ether oxygens (including phenoxy) is 1. The third kappa shape index (κ3) is 4.95. The van der Waals surface area contributed by atoms with Gasteiger partial charge in [-0.2, -0.15) is 5.06 Å². The normalized spacial score (nSPS) is 10.9. The molecule has 116 valence electrons. The van der Waals surface area contributed by atoms with E-state index in [0.29, 0.717) is 5.06 Å². The number of aromatic nitrogens is 1. The lowest BCUT2D eigenvalue weighted by Crippen LogP contribution is -2.38. The summed E-state index contributed by atoms with van der Waals surface area (Å²) in [5.74, 6) is -3.85. The van der Waals surface area contributed by atoms with Crippen LogP contribution in [0.1, 0.15) is 12.5 Å². The second kappa shape index (κ2) is 6.93. The maximum absolute atomic E-state index is 13.2. The molecule has 7 nitrogen and oxygen atoms in total. The van der Waals surface area contributed by atoms with E-state index in [0.717, 1.165) is 32.4 Å². The Bertz CT molecular complexity index is 519. The molecule has 0 unspecified atom stereocenters. The average Bonchev–Trinajstić information content (AvgIpc) is 2.43. The number of rotatable bonds is 5. The predicted octanol–water partition coefficient (Wildman–Crippen LogP) is 1.76. The van der Waals surface area contributed by atoms with Crippen LogP contribution in [-0.4, -0.2) is 42.8 Å². The minimum Gasteiger partial charge on any atom is -0.468 e. The Hall–Kier alpha value is -2.29. The number of hydrogen-bond acceptors (Lipinski definition) is 5. The molecule has 0 saturated heterocycles. The molecule has 0 aliphatic heterocycles. The van der Waals surface area contributed by atoms with Crippen molar-refractivity contribution in [1.29, 1.82) is 0 Å². The molecule has 0 aliphatic carbocycles. The molecule has 1 heterocycles. The SMILES string of the molecule is COC(=O)CN(OC)C(=O)Nc1cc(C(C)(F)F)ccn1. The molecule has 0 atom stereocenters. The fourth-order valence-electron chi connectivity index (χ4n) is 1.34. The first-order valence-corrected chi connectivity index (χ1v) is 5.81. The van der Waals surface area contributed by atoms with Crippen LogP contribution in [0, 0.1) is 0 Å². The second-order valence-corrected chi connectivity index (χ2v) is 4.04. The summed E-state index contributed by atoms with van der Waals surface area (Å²) in [6, 6.07) is 1.33. The smallest absolute Gasteiger partial charge is 0.347 e. The lowest BCUT2D eigenvalue weighted by atomic mass is 10.1. The number of carbonyl (C=O) groups excluding carboxylic acids is 2. The zero-order valence-corrected chi connectivity index (χ0v) is 11.7. The van der Waals surface area contributed by atoms with E-state index in [-0.39, 0.29) is 11.4 Å². The molecule has 0 saturated carbocycles. The van der Waals surface area contributed by atoms with E-state index in [1.54, 1.807) is 0 Å². The zero-order chi connectivity index (χ0) is 16.0. The van der Waals surface area contributed by atoms with Gasteiger partial charge >= 0.3 is 12.0 Å². The van der Waals surface area contributed by atoms with Gasteiger partial charge in [0.05, 0.1) is 14.2 Å². The number of esters is 1. The molecule has 0 bridgehead atoms. The molecule has 0 aliphatic rings. The van der Waals surface area contributed by atoms with Crippen LogP contribution < -0.4 is 5.32 Å². The number of nitrogens with zero attached hydrogens (tertiary/aromatic N) is 2. The first kappa shape index (κ1) is 16.8. The van der Waals surface area contributed by atoms with Crippen LogP contribution in [0.15, 0.2) is 18.3 Å². The van der Waals surface area contributed by atoms with Crippen molar-refractivity contribution in [2.45, 2.75) is 12.8 Å². The summed E-state index contributed by atoms with van der Waals surface area (Å²) >= 11 is 0. The van der Waals surface area contributed by atoms with E-state index in [2.05, 4.69) is 15.0 Å². The van der Waals surface area contributed by atoms with E-state index < -0.39 is 24.5 Å². The van der Waals surface area contributed by atoms with Crippen LogP contribution in [0.5, 0.6) is 0 Å². The lowest BCUT2D eigenvalue weighted by molar-refractivity contribution is -0.153. The van der Waals surface area contributed by atoms with Gasteiger partial charge in [-0.1, -0.05) is 0 Å². The van der Waals surface area contributed by atoms with Gasteiger partial charge in [-0.15, -0.1) is 0 Å². The molecule has 1 aromatic rings. The van der Waals surface area contributed by atoms with E-state index in [1.807, 2.05) is 0 Å². The van der Waals surface area contributed by atoms with Gasteiger partial charge in [-0.05, 0) is 12.1 Å². The fraction of sp³-hybridized carbons (Fsp3) is 0.417. The summed E-state index contributed by atoms with van der Waals surface area (Å²) in [7, 11) is 2.33. The van der Waals surface area contributed by atoms with Crippen LogP contribution in [0.25, 0.3) is 0 Å². The molecular formula is C12H15F2N3O4. The number of hydroxylamine groups is 2. The van der Waals surface area contributed by atoms with E-state index in [9.17, 15) is 18.4 Å². The second-order valence-electron chi connectivity index (χ2n) is 4.04. The fourth-order valence-corrected chi connectivity index (χ4v) is 1.34. The molecule has 1 rings (SSSR count). The van der Waals surface area contributed by atoms with Crippen LogP contribution >= 0.6 is 0 Å². The number of urea groups is 1. The van der Waals surface area contributed by atoms with Crippen LogP contribution in [0.4, 0.5) is 19.4 Å². The number of anilines is 1. The predicted molar refractivity (Wildman–Crippen MR) is 68.6 cm³/mol. The highest BCUT2D eigenvalue weighted by atomic mass is 19.3. The Balaban J connectivity index is 2.80. The van der Waals surface area contributed by atoms with Crippen molar-refractivity contribution in [1.82, 2.24) is 10.0 Å². The molecular weight excluding hydrogens is 288 g/mol. The van der Waals surface area contributed by atoms with Gasteiger partial charge in [0.1, 0.15) is 12.4 Å². The molecule has 0 fully saturated rings. The van der Waals surface area contributed by atoms with Crippen molar-refractivity contribution >= 4 is 17.8 Å². The van der Waals surface area contributed by atoms with Crippen LogP contribution in [0.3, 0.4) is 0 Å². The van der Waals surface area contributed by atoms with Gasteiger partial charge in [0.2, 0.25) is 0 Å². The first-order chi connectivity index (χ1) is 9.77. The van der Waals surface area contributed by atoms with Crippen molar-refractivity contribution in [3.63, 3.8) is 0 Å². The van der Waals surface area contributed by atoms with Gasteiger partial charge in [-0.25, -0.2) is 18.6 Å². The van der Waals surface area contributed by atoms with Gasteiger partial charge in [-0.3, -0.25) is 14.9 Å². The summed E-state index contributed by atoms with van der Waals surface area (Å²) in [6.45, 7) is 0.273. The monoisotopic (exact) mass is 303 g/mol. The molecule has 0 radical (unpaired) electrons. The minimum atomic E-state index is -3.06. The van der Waals surface area contributed by atoms with E-state index in [1.165, 1.54) is 7.11 Å². The number of alkyl halides is 2. The molecule has 0 spiro atoms. The Labute approximate surface area is 119 Å². The number of hydrogen-bond donors (Lipinski definition) is 1. The highest BCUT2D eigenvalue weighted by Crippen LogP contribution is 2.27. The quantitative estimate of drug-likeness (QED) is 0.662. The molecule has 9 heteroatoms. The van der Waals surface area contributed by atoms with Crippen LogP contribution in [0.2, 0.25) is 0 Å². The number of amides is 2. The summed E-state index contributed by atoms with van der Waals surface area (Å²) in [5, 5.41) is 2.92. The molecule has 0 aromatic carbocycles. The highest BCUT2D eigenvalue weighted by Gasteiger charge is 2.25. The number of carbonyl (C=O) groups is 2. The largest absolute Gasteiger partial charge is 0.468 e. The Morgan fingerprint density at radius 1 is 1.43 bits per heavy atom. The van der Waals surface area contributed by atoms with Crippen molar-refractivity contribution in [2.24, 2.45) is 0 Å². The molecule has 1 aromatic heterocycles. The Kier molecular flexibility index (Phi) is 5.53. The summed E-state index contributed by atoms with van der Waals surface area (Å²) in [6.07, 6.45) is 1.14. The third-order valence-corrected chi connectivity index (χ3v) is 2.45. The topological polar surface area (TPSA) is 80.8 Å². The molecule has 2 amide bonds. The Morgan fingerprint density at radius 2 is 2.10 bits per heavy atom. The standard InChI is InChI=1S/C12H15F2N3O4/c1-12(13,14)8-4-5-15-9(6-8)16-11(19)17(21-3)7-10(18)20-2/h4-6H,7H2,1-3H3,(H,15,16,19). The van der Waals surface area contributed by atoms with E-state index in [4.69, 9.17) is 4.84 Å². The van der Waals surface area contributed by atoms with Gasteiger partial charge < -0.3 is 4.74 Å². The van der Waals surface area contributed by atoms with Gasteiger partial charge in [0.15, 0.2) is 0 Å². The first-order valence-electron chi connectivity index (χ1n) is 5.81. The third-order valence-electron chi connectivity index (χ3n) is 2.45. The zero-order valence-electron chi connectivity index (χ0n) is 11.7. The van der Waals surface area contributed by atoms with Crippen molar-refractivity contribution in [3.8, 4) is 0 Å². The average molecular weight is 303 g/mol. The van der Waals surface area contributed by atoms with Crippen molar-refractivity contribution < 1.29 is 27.9 Å². The molecule has 21 heavy (non-hydrogen) atoms. The van der Waals surface area contributed by atoms with Crippen molar-refractivity contribution in [3.05, 3.63) is 23.9 Å². The summed E-state index contributed by atoms with van der Waals surface area (Å²) in [5.41, 5.74) is -0.301. The number of nitrogens with one attached hydrogen (secondary N) is 1. The maximum Gasteiger partial charge on any atom is 0.347 e. The lowest BCUT2D eigenvalue weighted by Gasteiger charge is -2.19. The maximum atomic E-state index is 13.2. The van der Waals surface area contributed by atoms with Gasteiger partial charge in [0, 0.05) is 18.7 Å². The number of halogens is 2. The van der Waals surface area contributed by atoms with Crippen molar-refractivity contribution in [2.75, 3.05) is 26.1 Å². The minimum absolute atomic E-state index is 0.0917. The molecule has 1 N–H and O–H groups in total.